The van der Waals surface area contributed by atoms with Gasteiger partial charge in [-0.1, -0.05) is 23.9 Å². The Morgan fingerprint density at radius 1 is 1.30 bits per heavy atom. The molecule has 106 valence electrons. The number of hydrogen-bond donors (Lipinski definition) is 2. The summed E-state index contributed by atoms with van der Waals surface area (Å²) >= 11 is 1.42. The van der Waals surface area contributed by atoms with E-state index in [0.717, 1.165) is 5.56 Å². The Hall–Kier alpha value is -1.82. The zero-order valence-corrected chi connectivity index (χ0v) is 12.5. The van der Waals surface area contributed by atoms with Crippen LogP contribution in [0.2, 0.25) is 0 Å². The van der Waals surface area contributed by atoms with E-state index in [9.17, 15) is 4.39 Å². The summed E-state index contributed by atoms with van der Waals surface area (Å²) in [5.74, 6) is 0.840. The average molecular weight is 292 g/mol. The minimum absolute atomic E-state index is 0.0749. The number of nitrogen functional groups attached to an aromatic ring is 1. The third kappa shape index (κ3) is 3.39. The second-order valence-corrected chi connectivity index (χ2v) is 5.31. The molecule has 0 aliphatic heterocycles. The van der Waals surface area contributed by atoms with Crippen molar-refractivity contribution in [3.63, 3.8) is 0 Å². The van der Waals surface area contributed by atoms with Crippen LogP contribution >= 0.6 is 11.8 Å². The van der Waals surface area contributed by atoms with Crippen molar-refractivity contribution >= 4 is 23.4 Å². The minimum Gasteiger partial charge on any atom is -0.383 e. The Kier molecular flexibility index (Phi) is 4.44. The van der Waals surface area contributed by atoms with Crippen molar-refractivity contribution in [1.82, 2.24) is 9.97 Å². The third-order valence-corrected chi connectivity index (χ3v) is 3.52. The summed E-state index contributed by atoms with van der Waals surface area (Å²) in [6, 6.07) is 6.79. The van der Waals surface area contributed by atoms with E-state index in [4.69, 9.17) is 5.73 Å². The number of aryl methyl sites for hydroxylation is 1. The van der Waals surface area contributed by atoms with Gasteiger partial charge in [0.25, 0.3) is 0 Å². The van der Waals surface area contributed by atoms with Crippen LogP contribution in [0.15, 0.2) is 29.4 Å². The average Bonchev–Trinajstić information content (AvgIpc) is 2.41. The maximum absolute atomic E-state index is 13.6. The fourth-order valence-electron chi connectivity index (χ4n) is 1.79. The Morgan fingerprint density at radius 3 is 2.70 bits per heavy atom. The lowest BCUT2D eigenvalue weighted by atomic mass is 10.1. The second-order valence-electron chi connectivity index (χ2n) is 4.54. The number of nitrogens with one attached hydrogen (secondary N) is 1. The summed E-state index contributed by atoms with van der Waals surface area (Å²) < 4.78 is 13.6. The van der Waals surface area contributed by atoms with Crippen molar-refractivity contribution in [2.24, 2.45) is 0 Å². The van der Waals surface area contributed by atoms with Gasteiger partial charge in [0, 0.05) is 6.07 Å². The molecule has 0 radical (unpaired) electrons. The van der Waals surface area contributed by atoms with E-state index in [2.05, 4.69) is 15.3 Å². The first kappa shape index (κ1) is 14.6. The minimum atomic E-state index is -0.205. The van der Waals surface area contributed by atoms with Crippen molar-refractivity contribution < 1.29 is 4.39 Å². The molecule has 1 aromatic heterocycles. The van der Waals surface area contributed by atoms with E-state index >= 15 is 0 Å². The topological polar surface area (TPSA) is 63.8 Å². The highest BCUT2D eigenvalue weighted by molar-refractivity contribution is 7.98. The molecule has 0 saturated heterocycles. The normalized spacial score (nSPS) is 12.2. The molecule has 1 heterocycles. The molecular formula is C14H17FN4S. The molecule has 0 aliphatic carbocycles. The fourth-order valence-corrected chi connectivity index (χ4v) is 2.18. The zero-order valence-electron chi connectivity index (χ0n) is 11.6. The summed E-state index contributed by atoms with van der Waals surface area (Å²) in [7, 11) is 0. The first-order valence-electron chi connectivity index (χ1n) is 6.20. The lowest BCUT2D eigenvalue weighted by molar-refractivity contribution is 0.614. The molecule has 6 heteroatoms. The lowest BCUT2D eigenvalue weighted by Crippen LogP contribution is -2.10. The standard InChI is InChI=1S/C14H17FN4S/c1-8-4-5-10(6-11(8)15)9(2)17-13-7-12(16)18-14(19-13)20-3/h4-7,9H,1-3H3,(H3,16,17,18,19). The van der Waals surface area contributed by atoms with Gasteiger partial charge in [-0.2, -0.15) is 0 Å². The molecule has 0 fully saturated rings. The monoisotopic (exact) mass is 292 g/mol. The highest BCUT2D eigenvalue weighted by Gasteiger charge is 2.10. The van der Waals surface area contributed by atoms with Gasteiger partial charge in [0.2, 0.25) is 0 Å². The molecule has 0 saturated carbocycles. The van der Waals surface area contributed by atoms with Gasteiger partial charge in [0.1, 0.15) is 17.5 Å². The Morgan fingerprint density at radius 2 is 2.05 bits per heavy atom. The molecule has 2 rings (SSSR count). The number of halogens is 1. The van der Waals surface area contributed by atoms with E-state index in [1.165, 1.54) is 17.8 Å². The van der Waals surface area contributed by atoms with Crippen molar-refractivity contribution in [2.45, 2.75) is 25.0 Å². The fraction of sp³-hybridized carbons (Fsp3) is 0.286. The smallest absolute Gasteiger partial charge is 0.191 e. The van der Waals surface area contributed by atoms with Gasteiger partial charge in [-0.3, -0.25) is 0 Å². The third-order valence-electron chi connectivity index (χ3n) is 2.97. The molecule has 0 aliphatic rings. The van der Waals surface area contributed by atoms with E-state index in [1.807, 2.05) is 19.2 Å². The molecule has 1 atom stereocenters. The van der Waals surface area contributed by atoms with Gasteiger partial charge in [-0.15, -0.1) is 0 Å². The molecule has 0 amide bonds. The molecule has 1 unspecified atom stereocenters. The quantitative estimate of drug-likeness (QED) is 0.668. The molecule has 0 bridgehead atoms. The molecule has 1 aromatic carbocycles. The summed E-state index contributed by atoms with van der Waals surface area (Å²) in [4.78, 5) is 8.41. The number of thioether (sulfide) groups is 1. The van der Waals surface area contributed by atoms with Gasteiger partial charge in [0.05, 0.1) is 6.04 Å². The van der Waals surface area contributed by atoms with Crippen LogP contribution in [0.5, 0.6) is 0 Å². The van der Waals surface area contributed by atoms with E-state index in [1.54, 1.807) is 19.1 Å². The summed E-state index contributed by atoms with van der Waals surface area (Å²) in [6.07, 6.45) is 1.89. The van der Waals surface area contributed by atoms with Crippen molar-refractivity contribution in [3.8, 4) is 0 Å². The summed E-state index contributed by atoms with van der Waals surface area (Å²) in [5, 5.41) is 3.82. The lowest BCUT2D eigenvalue weighted by Gasteiger charge is -2.16. The number of benzene rings is 1. The van der Waals surface area contributed by atoms with Crippen LogP contribution in [0.3, 0.4) is 0 Å². The van der Waals surface area contributed by atoms with Crippen LogP contribution in [-0.4, -0.2) is 16.2 Å². The van der Waals surface area contributed by atoms with Crippen molar-refractivity contribution in [2.75, 3.05) is 17.3 Å². The Bertz CT molecular complexity index is 618. The molecule has 0 spiro atoms. The largest absolute Gasteiger partial charge is 0.383 e. The van der Waals surface area contributed by atoms with Crippen molar-refractivity contribution in [3.05, 3.63) is 41.2 Å². The van der Waals surface area contributed by atoms with E-state index in [0.29, 0.717) is 22.4 Å². The highest BCUT2D eigenvalue weighted by atomic mass is 32.2. The molecule has 2 aromatic rings. The van der Waals surface area contributed by atoms with Crippen LogP contribution < -0.4 is 11.1 Å². The second kappa shape index (κ2) is 6.09. The number of hydrogen-bond acceptors (Lipinski definition) is 5. The number of nitrogens with two attached hydrogens (primary N) is 1. The summed E-state index contributed by atoms with van der Waals surface area (Å²) in [6.45, 7) is 3.69. The Labute approximate surface area is 122 Å². The van der Waals surface area contributed by atoms with Gasteiger partial charge < -0.3 is 11.1 Å². The van der Waals surface area contributed by atoms with Crippen LogP contribution in [0.4, 0.5) is 16.0 Å². The molecule has 4 nitrogen and oxygen atoms in total. The number of nitrogens with zero attached hydrogens (tertiary/aromatic N) is 2. The van der Waals surface area contributed by atoms with Crippen molar-refractivity contribution in [1.29, 1.82) is 0 Å². The number of rotatable bonds is 4. The predicted molar refractivity (Wildman–Crippen MR) is 81.4 cm³/mol. The molecule has 20 heavy (non-hydrogen) atoms. The zero-order chi connectivity index (χ0) is 14.7. The van der Waals surface area contributed by atoms with Gasteiger partial charge in [-0.25, -0.2) is 14.4 Å². The van der Waals surface area contributed by atoms with Crippen LogP contribution in [0.1, 0.15) is 24.1 Å². The van der Waals surface area contributed by atoms with Gasteiger partial charge in [-0.05, 0) is 37.3 Å². The maximum Gasteiger partial charge on any atom is 0.191 e. The molecule has 3 N–H and O–H groups in total. The van der Waals surface area contributed by atoms with Gasteiger partial charge >= 0.3 is 0 Å². The maximum atomic E-state index is 13.6. The van der Waals surface area contributed by atoms with Crippen LogP contribution in [-0.2, 0) is 0 Å². The van der Waals surface area contributed by atoms with Crippen LogP contribution in [0, 0.1) is 12.7 Å². The van der Waals surface area contributed by atoms with Gasteiger partial charge in [0.15, 0.2) is 5.16 Å². The summed E-state index contributed by atoms with van der Waals surface area (Å²) in [5.41, 5.74) is 7.22. The Balaban J connectivity index is 2.20. The van der Waals surface area contributed by atoms with E-state index in [-0.39, 0.29) is 11.9 Å². The predicted octanol–water partition coefficient (Wildman–Crippen LogP) is 3.40. The highest BCUT2D eigenvalue weighted by Crippen LogP contribution is 2.22. The first-order chi connectivity index (χ1) is 9.49. The SMILES string of the molecule is CSc1nc(N)cc(NC(C)c2ccc(C)c(F)c2)n1. The van der Waals surface area contributed by atoms with Crippen LogP contribution in [0.25, 0.3) is 0 Å². The van der Waals surface area contributed by atoms with E-state index < -0.39 is 0 Å². The first-order valence-corrected chi connectivity index (χ1v) is 7.43. The number of anilines is 2. The molecular weight excluding hydrogens is 275 g/mol. The number of aromatic nitrogens is 2.